The number of nitrogens with two attached hydrogens (primary N) is 1. The fourth-order valence-corrected chi connectivity index (χ4v) is 8.85. The van der Waals surface area contributed by atoms with E-state index in [0.29, 0.717) is 30.6 Å². The number of fused-ring (bicyclic) bond motifs is 1. The van der Waals surface area contributed by atoms with Crippen LogP contribution in [0.1, 0.15) is 56.9 Å². The highest BCUT2D eigenvalue weighted by Gasteiger charge is 2.64. The molecule has 1 aromatic carbocycles. The summed E-state index contributed by atoms with van der Waals surface area (Å²) in [5, 5.41) is 24.3. The molecule has 8 atom stereocenters. The van der Waals surface area contributed by atoms with Crippen molar-refractivity contribution in [2.24, 2.45) is 46.7 Å². The summed E-state index contributed by atoms with van der Waals surface area (Å²) in [4.78, 5) is 27.6. The Hall–Kier alpha value is -2.23. The third kappa shape index (κ3) is 3.69. The number of hydrogen-bond donors (Lipinski definition) is 3. The Morgan fingerprint density at radius 1 is 1.12 bits per heavy atom. The van der Waals surface area contributed by atoms with E-state index in [1.165, 1.54) is 0 Å². The lowest BCUT2D eigenvalue weighted by atomic mass is 9.45. The fourth-order valence-electron chi connectivity index (χ4n) is 8.85. The number of aliphatic hydroxyl groups is 1. The molecule has 0 spiro atoms. The molecule has 4 bridgehead atoms. The first-order valence-electron chi connectivity index (χ1n) is 13.0. The van der Waals surface area contributed by atoms with Crippen molar-refractivity contribution in [1.82, 2.24) is 5.32 Å². The van der Waals surface area contributed by atoms with Crippen molar-refractivity contribution in [1.29, 1.82) is 5.26 Å². The van der Waals surface area contributed by atoms with Gasteiger partial charge in [-0.2, -0.15) is 5.26 Å². The van der Waals surface area contributed by atoms with Gasteiger partial charge in [0, 0.05) is 11.3 Å². The molecule has 6 aliphatic rings. The number of nitrogens with one attached hydrogen (secondary N) is 1. The van der Waals surface area contributed by atoms with Gasteiger partial charge >= 0.3 is 0 Å². The van der Waals surface area contributed by atoms with Crippen LogP contribution < -0.4 is 11.1 Å². The first kappa shape index (κ1) is 22.2. The minimum absolute atomic E-state index is 0.0300. The number of ketones is 1. The first-order chi connectivity index (χ1) is 16.3. The largest absolute Gasteiger partial charge is 0.390 e. The standard InChI is InChI=1S/C28H35N3O3/c29-14-20-8-19-9-21(19)23(20)24(32)25(31-26(33)22(30)7-16-4-2-1-3-5-16)27-10-17-6-18(11-27)13-28(34,12-17)15-27/h1-5,17-23,25,34H,6-13,15,30H2,(H,31,33). The number of carbonyl (C=O) groups is 2. The smallest absolute Gasteiger partial charge is 0.237 e. The van der Waals surface area contributed by atoms with Crippen molar-refractivity contribution in [2.75, 3.05) is 0 Å². The first-order valence-corrected chi connectivity index (χ1v) is 13.0. The van der Waals surface area contributed by atoms with E-state index < -0.39 is 23.1 Å². The summed E-state index contributed by atoms with van der Waals surface area (Å²) in [6, 6.07) is 10.7. The maximum Gasteiger partial charge on any atom is 0.237 e. The summed E-state index contributed by atoms with van der Waals surface area (Å²) in [6.07, 6.45) is 7.26. The zero-order valence-corrected chi connectivity index (χ0v) is 19.7. The molecular weight excluding hydrogens is 426 g/mol. The van der Waals surface area contributed by atoms with Gasteiger partial charge in [-0.3, -0.25) is 9.59 Å². The lowest BCUT2D eigenvalue weighted by Gasteiger charge is -2.62. The Balaban J connectivity index is 1.29. The van der Waals surface area contributed by atoms with Gasteiger partial charge in [-0.1, -0.05) is 30.3 Å². The van der Waals surface area contributed by atoms with Crippen molar-refractivity contribution in [3.05, 3.63) is 35.9 Å². The van der Waals surface area contributed by atoms with E-state index in [9.17, 15) is 20.0 Å². The Morgan fingerprint density at radius 2 is 1.82 bits per heavy atom. The van der Waals surface area contributed by atoms with E-state index in [1.807, 2.05) is 30.3 Å². The topological polar surface area (TPSA) is 116 Å². The van der Waals surface area contributed by atoms with Crippen LogP contribution in [0.3, 0.4) is 0 Å². The Kier molecular flexibility index (Phi) is 5.17. The van der Waals surface area contributed by atoms with Crippen molar-refractivity contribution in [3.63, 3.8) is 0 Å². The minimum atomic E-state index is -0.751. The van der Waals surface area contributed by atoms with Gasteiger partial charge in [0.25, 0.3) is 0 Å². The van der Waals surface area contributed by atoms with Crippen molar-refractivity contribution < 1.29 is 14.7 Å². The fraction of sp³-hybridized carbons (Fsp3) is 0.679. The number of nitrogens with zero attached hydrogens (tertiary/aromatic N) is 1. The molecule has 0 heterocycles. The van der Waals surface area contributed by atoms with Gasteiger partial charge < -0.3 is 16.2 Å². The molecule has 0 saturated heterocycles. The molecule has 6 saturated carbocycles. The third-order valence-electron chi connectivity index (χ3n) is 9.82. The van der Waals surface area contributed by atoms with E-state index in [2.05, 4.69) is 11.4 Å². The summed E-state index contributed by atoms with van der Waals surface area (Å²) >= 11 is 0. The second-order valence-electron chi connectivity index (χ2n) is 12.3. The van der Waals surface area contributed by atoms with Gasteiger partial charge in [0.15, 0.2) is 5.78 Å². The van der Waals surface area contributed by atoms with Crippen molar-refractivity contribution >= 4 is 11.7 Å². The van der Waals surface area contributed by atoms with Crippen LogP contribution >= 0.6 is 0 Å². The van der Waals surface area contributed by atoms with Gasteiger partial charge in [0.2, 0.25) is 5.91 Å². The van der Waals surface area contributed by atoms with Gasteiger partial charge in [0.05, 0.1) is 29.7 Å². The normalized spacial score (nSPS) is 43.0. The molecule has 6 nitrogen and oxygen atoms in total. The van der Waals surface area contributed by atoms with Crippen LogP contribution in [0.2, 0.25) is 0 Å². The van der Waals surface area contributed by atoms with Crippen molar-refractivity contribution in [3.8, 4) is 6.07 Å². The molecule has 0 aliphatic heterocycles. The molecule has 6 fully saturated rings. The lowest BCUT2D eigenvalue weighted by Crippen LogP contribution is -2.66. The minimum Gasteiger partial charge on any atom is -0.390 e. The van der Waals surface area contributed by atoms with Crippen LogP contribution in [-0.2, 0) is 16.0 Å². The van der Waals surface area contributed by atoms with E-state index in [-0.39, 0.29) is 29.4 Å². The summed E-state index contributed by atoms with van der Waals surface area (Å²) < 4.78 is 0. The Labute approximate surface area is 201 Å². The van der Waals surface area contributed by atoms with Crippen LogP contribution in [0.15, 0.2) is 30.3 Å². The number of Topliss-reactive ketones (excluding diaryl/α,β-unsaturated/α-hetero) is 1. The quantitative estimate of drug-likeness (QED) is 0.577. The molecular formula is C28H35N3O3. The number of benzene rings is 1. The average molecular weight is 462 g/mol. The third-order valence-corrected chi connectivity index (χ3v) is 9.82. The SMILES string of the molecule is N#CC1CC2CC2C1C(=O)C(NC(=O)C(N)Cc1ccccc1)C12CC3CC(CC(O)(C3)C1)C2. The van der Waals surface area contributed by atoms with Gasteiger partial charge in [-0.15, -0.1) is 0 Å². The van der Waals surface area contributed by atoms with Crippen molar-refractivity contribution in [2.45, 2.75) is 75.5 Å². The van der Waals surface area contributed by atoms with E-state index in [1.54, 1.807) is 0 Å². The second-order valence-corrected chi connectivity index (χ2v) is 12.3. The van der Waals surface area contributed by atoms with Crippen LogP contribution in [0.5, 0.6) is 0 Å². The highest BCUT2D eigenvalue weighted by molar-refractivity contribution is 5.94. The number of nitriles is 1. The van der Waals surface area contributed by atoms with Gasteiger partial charge in [0.1, 0.15) is 0 Å². The second kappa shape index (κ2) is 7.90. The zero-order chi connectivity index (χ0) is 23.7. The molecule has 0 radical (unpaired) electrons. The number of hydrogen-bond acceptors (Lipinski definition) is 5. The van der Waals surface area contributed by atoms with Crippen LogP contribution in [0, 0.1) is 52.3 Å². The number of amides is 1. The molecule has 0 aromatic heterocycles. The number of rotatable bonds is 7. The maximum atomic E-state index is 14.2. The number of carbonyl (C=O) groups excluding carboxylic acids is 2. The monoisotopic (exact) mass is 461 g/mol. The van der Waals surface area contributed by atoms with Gasteiger partial charge in [-0.05, 0) is 87.0 Å². The molecule has 180 valence electrons. The molecule has 6 heteroatoms. The Bertz CT molecular complexity index is 1020. The highest BCUT2D eigenvalue weighted by atomic mass is 16.3. The highest BCUT2D eigenvalue weighted by Crippen LogP contribution is 2.64. The zero-order valence-electron chi connectivity index (χ0n) is 19.7. The molecule has 6 aliphatic carbocycles. The van der Waals surface area contributed by atoms with Gasteiger partial charge in [-0.25, -0.2) is 0 Å². The average Bonchev–Trinajstić information content (AvgIpc) is 3.45. The summed E-state index contributed by atoms with van der Waals surface area (Å²) in [5.74, 6) is 0.744. The summed E-state index contributed by atoms with van der Waals surface area (Å²) in [7, 11) is 0. The maximum absolute atomic E-state index is 14.2. The Morgan fingerprint density at radius 3 is 2.47 bits per heavy atom. The van der Waals surface area contributed by atoms with E-state index >= 15 is 0 Å². The summed E-state index contributed by atoms with van der Waals surface area (Å²) in [5.41, 5.74) is 6.16. The van der Waals surface area contributed by atoms with Crippen LogP contribution in [0.25, 0.3) is 0 Å². The van der Waals surface area contributed by atoms with Crippen LogP contribution in [0.4, 0.5) is 0 Å². The molecule has 8 unspecified atom stereocenters. The molecule has 34 heavy (non-hydrogen) atoms. The summed E-state index contributed by atoms with van der Waals surface area (Å²) in [6.45, 7) is 0. The van der Waals surface area contributed by atoms with E-state index in [0.717, 1.165) is 50.5 Å². The van der Waals surface area contributed by atoms with E-state index in [4.69, 9.17) is 5.73 Å². The predicted molar refractivity (Wildman–Crippen MR) is 126 cm³/mol. The van der Waals surface area contributed by atoms with Crippen LogP contribution in [-0.4, -0.2) is 34.5 Å². The molecule has 7 rings (SSSR count). The predicted octanol–water partition coefficient (Wildman–Crippen LogP) is 2.74. The lowest BCUT2D eigenvalue weighted by molar-refractivity contribution is -0.179. The molecule has 1 amide bonds. The molecule has 1 aromatic rings. The molecule has 4 N–H and O–H groups in total.